The summed E-state index contributed by atoms with van der Waals surface area (Å²) in [4.78, 5) is 10.9. The first-order valence-electron chi connectivity index (χ1n) is 4.91. The minimum absolute atomic E-state index is 0.314. The van der Waals surface area contributed by atoms with Gasteiger partial charge in [0.05, 0.1) is 5.56 Å². The molecule has 0 bridgehead atoms. The summed E-state index contributed by atoms with van der Waals surface area (Å²) in [6.07, 6.45) is 0.674. The van der Waals surface area contributed by atoms with E-state index in [-0.39, 0.29) is 5.54 Å². The zero-order valence-electron chi connectivity index (χ0n) is 9.37. The molecule has 82 valence electrons. The second-order valence-electron chi connectivity index (χ2n) is 4.62. The zero-order valence-corrected chi connectivity index (χ0v) is 9.37. The Kier molecular flexibility index (Phi) is 3.15. The van der Waals surface area contributed by atoms with Crippen molar-refractivity contribution in [1.29, 1.82) is 0 Å². The molecule has 0 atom stereocenters. The highest BCUT2D eigenvalue weighted by molar-refractivity contribution is 5.89. The lowest BCUT2D eigenvalue weighted by Crippen LogP contribution is -2.34. The average Bonchev–Trinajstić information content (AvgIpc) is 2.05. The molecule has 3 heteroatoms. The molecule has 0 aliphatic carbocycles. The van der Waals surface area contributed by atoms with Crippen LogP contribution in [0.25, 0.3) is 0 Å². The van der Waals surface area contributed by atoms with Crippen molar-refractivity contribution in [3.05, 3.63) is 34.9 Å². The van der Waals surface area contributed by atoms with Crippen LogP contribution in [-0.4, -0.2) is 16.6 Å². The van der Waals surface area contributed by atoms with Crippen molar-refractivity contribution in [2.45, 2.75) is 32.7 Å². The summed E-state index contributed by atoms with van der Waals surface area (Å²) in [6.45, 7) is 5.64. The van der Waals surface area contributed by atoms with Crippen LogP contribution in [0.4, 0.5) is 0 Å². The SMILES string of the molecule is Cc1ccc(CC(C)(C)N)cc1C(=O)O. The summed E-state index contributed by atoms with van der Waals surface area (Å²) in [7, 11) is 0. The lowest BCUT2D eigenvalue weighted by atomic mass is 9.94. The van der Waals surface area contributed by atoms with Gasteiger partial charge in [0, 0.05) is 5.54 Å². The van der Waals surface area contributed by atoms with Gasteiger partial charge < -0.3 is 10.8 Å². The van der Waals surface area contributed by atoms with Crippen LogP contribution in [0.1, 0.15) is 35.3 Å². The predicted molar refractivity (Wildman–Crippen MR) is 60.1 cm³/mol. The Morgan fingerprint density at radius 1 is 1.47 bits per heavy atom. The minimum Gasteiger partial charge on any atom is -0.478 e. The van der Waals surface area contributed by atoms with Crippen molar-refractivity contribution < 1.29 is 9.90 Å². The quantitative estimate of drug-likeness (QED) is 0.796. The highest BCUT2D eigenvalue weighted by Gasteiger charge is 2.14. The molecule has 0 aliphatic heterocycles. The van der Waals surface area contributed by atoms with Crippen molar-refractivity contribution in [2.24, 2.45) is 5.73 Å². The third-order valence-electron chi connectivity index (χ3n) is 2.19. The van der Waals surface area contributed by atoms with Crippen LogP contribution in [0.5, 0.6) is 0 Å². The third-order valence-corrected chi connectivity index (χ3v) is 2.19. The molecule has 0 aromatic heterocycles. The third kappa shape index (κ3) is 3.36. The number of benzene rings is 1. The van der Waals surface area contributed by atoms with E-state index in [4.69, 9.17) is 10.8 Å². The molecule has 15 heavy (non-hydrogen) atoms. The smallest absolute Gasteiger partial charge is 0.335 e. The molecule has 3 nitrogen and oxygen atoms in total. The maximum atomic E-state index is 10.9. The van der Waals surface area contributed by atoms with E-state index < -0.39 is 5.97 Å². The standard InChI is InChI=1S/C12H17NO2/c1-8-4-5-9(7-12(2,3)13)6-10(8)11(14)15/h4-6H,7,13H2,1-3H3,(H,14,15). The number of nitrogens with two attached hydrogens (primary N) is 1. The molecule has 0 spiro atoms. The molecule has 0 amide bonds. The summed E-state index contributed by atoms with van der Waals surface area (Å²) in [5.74, 6) is -0.885. The van der Waals surface area contributed by atoms with Crippen molar-refractivity contribution in [3.8, 4) is 0 Å². The highest BCUT2D eigenvalue weighted by Crippen LogP contribution is 2.15. The van der Waals surface area contributed by atoms with E-state index in [9.17, 15) is 4.79 Å². The minimum atomic E-state index is -0.885. The summed E-state index contributed by atoms with van der Waals surface area (Å²) in [5, 5.41) is 8.96. The summed E-state index contributed by atoms with van der Waals surface area (Å²) in [6, 6.07) is 5.45. The topological polar surface area (TPSA) is 63.3 Å². The van der Waals surface area contributed by atoms with E-state index in [1.807, 2.05) is 26.0 Å². The van der Waals surface area contributed by atoms with Gasteiger partial charge in [-0.1, -0.05) is 12.1 Å². The Balaban J connectivity index is 3.03. The molecule has 0 heterocycles. The van der Waals surface area contributed by atoms with Gasteiger partial charge in [-0.25, -0.2) is 4.79 Å². The first kappa shape index (κ1) is 11.7. The number of carbonyl (C=O) groups is 1. The monoisotopic (exact) mass is 207 g/mol. The Hall–Kier alpha value is -1.35. The number of hydrogen-bond donors (Lipinski definition) is 2. The molecule has 0 saturated carbocycles. The average molecular weight is 207 g/mol. The van der Waals surface area contributed by atoms with Gasteiger partial charge >= 0.3 is 5.97 Å². The second kappa shape index (κ2) is 4.03. The number of carboxylic acid groups (broad SMARTS) is 1. The molecule has 0 aliphatic rings. The maximum Gasteiger partial charge on any atom is 0.335 e. The van der Waals surface area contributed by atoms with E-state index in [2.05, 4.69) is 0 Å². The second-order valence-corrected chi connectivity index (χ2v) is 4.62. The van der Waals surface area contributed by atoms with Gasteiger partial charge in [-0.15, -0.1) is 0 Å². The maximum absolute atomic E-state index is 10.9. The number of hydrogen-bond acceptors (Lipinski definition) is 2. The first-order valence-corrected chi connectivity index (χ1v) is 4.91. The molecule has 0 unspecified atom stereocenters. The zero-order chi connectivity index (χ0) is 11.6. The fourth-order valence-corrected chi connectivity index (χ4v) is 1.54. The molecular formula is C12H17NO2. The summed E-state index contributed by atoms with van der Waals surface area (Å²) >= 11 is 0. The van der Waals surface area contributed by atoms with Gasteiger partial charge in [0.1, 0.15) is 0 Å². The van der Waals surface area contributed by atoms with Crippen LogP contribution in [0.3, 0.4) is 0 Å². The van der Waals surface area contributed by atoms with Gasteiger partial charge in [0.15, 0.2) is 0 Å². The van der Waals surface area contributed by atoms with Crippen molar-refractivity contribution in [3.63, 3.8) is 0 Å². The van der Waals surface area contributed by atoms with Crippen molar-refractivity contribution in [1.82, 2.24) is 0 Å². The van der Waals surface area contributed by atoms with Crippen LogP contribution in [0, 0.1) is 6.92 Å². The fourth-order valence-electron chi connectivity index (χ4n) is 1.54. The molecular weight excluding hydrogens is 190 g/mol. The lowest BCUT2D eigenvalue weighted by Gasteiger charge is -2.18. The Morgan fingerprint density at radius 3 is 2.53 bits per heavy atom. The van der Waals surface area contributed by atoms with Crippen LogP contribution in [0.15, 0.2) is 18.2 Å². The number of carboxylic acids is 1. The molecule has 0 saturated heterocycles. The van der Waals surface area contributed by atoms with E-state index in [0.29, 0.717) is 12.0 Å². The molecule has 1 rings (SSSR count). The largest absolute Gasteiger partial charge is 0.478 e. The van der Waals surface area contributed by atoms with Gasteiger partial charge in [-0.05, 0) is 44.4 Å². The van der Waals surface area contributed by atoms with E-state index in [1.54, 1.807) is 13.0 Å². The molecule has 3 N–H and O–H groups in total. The Bertz CT molecular complexity index is 378. The predicted octanol–water partition coefficient (Wildman–Crippen LogP) is 1.97. The van der Waals surface area contributed by atoms with Crippen LogP contribution >= 0.6 is 0 Å². The first-order chi connectivity index (χ1) is 6.79. The summed E-state index contributed by atoms with van der Waals surface area (Å²) in [5.41, 5.74) is 7.67. The Labute approximate surface area is 89.9 Å². The van der Waals surface area contributed by atoms with E-state index >= 15 is 0 Å². The van der Waals surface area contributed by atoms with Crippen LogP contribution < -0.4 is 5.73 Å². The Morgan fingerprint density at radius 2 is 2.07 bits per heavy atom. The molecule has 0 fully saturated rings. The van der Waals surface area contributed by atoms with Gasteiger partial charge in [0.25, 0.3) is 0 Å². The van der Waals surface area contributed by atoms with Gasteiger partial charge in [-0.3, -0.25) is 0 Å². The molecule has 1 aromatic rings. The lowest BCUT2D eigenvalue weighted by molar-refractivity contribution is 0.0696. The van der Waals surface area contributed by atoms with Gasteiger partial charge in [0.2, 0.25) is 0 Å². The molecule has 1 aromatic carbocycles. The van der Waals surface area contributed by atoms with Crippen LogP contribution in [-0.2, 0) is 6.42 Å². The molecule has 0 radical (unpaired) electrons. The van der Waals surface area contributed by atoms with E-state index in [1.165, 1.54) is 0 Å². The van der Waals surface area contributed by atoms with Gasteiger partial charge in [-0.2, -0.15) is 0 Å². The van der Waals surface area contributed by atoms with Crippen molar-refractivity contribution in [2.75, 3.05) is 0 Å². The van der Waals surface area contributed by atoms with Crippen LogP contribution in [0.2, 0.25) is 0 Å². The normalized spacial score (nSPS) is 11.5. The number of aromatic carboxylic acids is 1. The number of rotatable bonds is 3. The highest BCUT2D eigenvalue weighted by atomic mass is 16.4. The summed E-state index contributed by atoms with van der Waals surface area (Å²) < 4.78 is 0. The fraction of sp³-hybridized carbons (Fsp3) is 0.417. The van der Waals surface area contributed by atoms with Crippen molar-refractivity contribution >= 4 is 5.97 Å². The number of aryl methyl sites for hydroxylation is 1. The van der Waals surface area contributed by atoms with E-state index in [0.717, 1.165) is 11.1 Å².